The molecule has 0 aromatic heterocycles. The number of aliphatic imine (C=N–C) groups is 1. The maximum absolute atomic E-state index is 11.4. The lowest BCUT2D eigenvalue weighted by atomic mass is 10.5. The minimum absolute atomic E-state index is 0.0979. The number of rotatable bonds is 7. The number of amides is 3. The van der Waals surface area contributed by atoms with E-state index in [-0.39, 0.29) is 18.5 Å². The van der Waals surface area contributed by atoms with E-state index in [4.69, 9.17) is 0 Å². The fourth-order valence-electron chi connectivity index (χ4n) is 1.56. The molecule has 0 saturated carbocycles. The van der Waals surface area contributed by atoms with Crippen molar-refractivity contribution < 1.29 is 9.59 Å². The summed E-state index contributed by atoms with van der Waals surface area (Å²) in [4.78, 5) is 28.3. The van der Waals surface area contributed by atoms with Crippen molar-refractivity contribution in [3.05, 3.63) is 0 Å². The van der Waals surface area contributed by atoms with E-state index in [0.29, 0.717) is 19.0 Å². The zero-order valence-electron chi connectivity index (χ0n) is 11.4. The Morgan fingerprint density at radius 1 is 1.47 bits per heavy atom. The summed E-state index contributed by atoms with van der Waals surface area (Å²) in [5.41, 5.74) is 0. The first-order chi connectivity index (χ1) is 9.19. The van der Waals surface area contributed by atoms with Crippen molar-refractivity contribution in [2.24, 2.45) is 4.99 Å². The summed E-state index contributed by atoms with van der Waals surface area (Å²) >= 11 is 1.74. The van der Waals surface area contributed by atoms with Gasteiger partial charge in [-0.1, -0.05) is 0 Å². The Kier molecular flexibility index (Phi) is 7.09. The first kappa shape index (κ1) is 15.6. The third kappa shape index (κ3) is 5.37. The molecular formula is C11H21N5O2S. The van der Waals surface area contributed by atoms with Crippen LogP contribution in [-0.4, -0.2) is 67.5 Å². The van der Waals surface area contributed by atoms with Crippen LogP contribution in [-0.2, 0) is 4.79 Å². The van der Waals surface area contributed by atoms with Crippen molar-refractivity contribution in [2.75, 3.05) is 44.7 Å². The Labute approximate surface area is 117 Å². The summed E-state index contributed by atoms with van der Waals surface area (Å²) < 4.78 is 0. The van der Waals surface area contributed by atoms with E-state index in [1.165, 1.54) is 4.90 Å². The van der Waals surface area contributed by atoms with E-state index in [1.807, 2.05) is 13.2 Å². The highest BCUT2D eigenvalue weighted by atomic mass is 32.2. The molecule has 108 valence electrons. The second-order valence-electron chi connectivity index (χ2n) is 3.88. The van der Waals surface area contributed by atoms with Crippen LogP contribution in [0.25, 0.3) is 0 Å². The predicted octanol–water partition coefficient (Wildman–Crippen LogP) is -0.544. The quantitative estimate of drug-likeness (QED) is 0.253. The van der Waals surface area contributed by atoms with Crippen molar-refractivity contribution in [2.45, 2.75) is 6.92 Å². The number of urea groups is 1. The van der Waals surface area contributed by atoms with Crippen LogP contribution in [0.3, 0.4) is 0 Å². The first-order valence-corrected chi connectivity index (χ1v) is 7.67. The van der Waals surface area contributed by atoms with Gasteiger partial charge < -0.3 is 16.0 Å². The highest BCUT2D eigenvalue weighted by Crippen LogP contribution is 1.97. The normalized spacial score (nSPS) is 15.7. The van der Waals surface area contributed by atoms with Gasteiger partial charge in [0.05, 0.1) is 13.1 Å². The summed E-state index contributed by atoms with van der Waals surface area (Å²) in [6.07, 6.45) is 2.04. The molecule has 0 aromatic carbocycles. The number of thioether (sulfide) groups is 1. The van der Waals surface area contributed by atoms with Crippen molar-refractivity contribution in [3.63, 3.8) is 0 Å². The number of carbonyl (C=O) groups is 2. The van der Waals surface area contributed by atoms with E-state index in [2.05, 4.69) is 20.9 Å². The van der Waals surface area contributed by atoms with Crippen LogP contribution in [0, 0.1) is 0 Å². The molecule has 19 heavy (non-hydrogen) atoms. The molecular weight excluding hydrogens is 266 g/mol. The third-order valence-electron chi connectivity index (χ3n) is 2.47. The summed E-state index contributed by atoms with van der Waals surface area (Å²) in [6, 6.07) is -0.323. The van der Waals surface area contributed by atoms with Crippen LogP contribution in [0.2, 0.25) is 0 Å². The second kappa shape index (κ2) is 8.63. The number of hydrogen-bond acceptors (Lipinski definition) is 4. The van der Waals surface area contributed by atoms with Crippen LogP contribution >= 0.6 is 11.8 Å². The van der Waals surface area contributed by atoms with Gasteiger partial charge in [0.15, 0.2) is 5.96 Å². The lowest BCUT2D eigenvalue weighted by molar-refractivity contribution is -0.124. The van der Waals surface area contributed by atoms with Crippen molar-refractivity contribution in [3.8, 4) is 0 Å². The van der Waals surface area contributed by atoms with E-state index in [1.54, 1.807) is 11.8 Å². The minimum atomic E-state index is -0.323. The predicted molar refractivity (Wildman–Crippen MR) is 77.5 cm³/mol. The van der Waals surface area contributed by atoms with Gasteiger partial charge in [-0.3, -0.25) is 14.7 Å². The number of imide groups is 1. The zero-order valence-corrected chi connectivity index (χ0v) is 12.2. The minimum Gasteiger partial charge on any atom is -0.357 e. The molecule has 3 N–H and O–H groups in total. The summed E-state index contributed by atoms with van der Waals surface area (Å²) in [7, 11) is 0. The second-order valence-corrected chi connectivity index (χ2v) is 4.87. The smallest absolute Gasteiger partial charge is 0.324 e. The highest BCUT2D eigenvalue weighted by Gasteiger charge is 2.27. The topological polar surface area (TPSA) is 85.8 Å². The van der Waals surface area contributed by atoms with Crippen LogP contribution in [0.15, 0.2) is 4.99 Å². The highest BCUT2D eigenvalue weighted by molar-refractivity contribution is 7.98. The molecule has 8 heteroatoms. The largest absolute Gasteiger partial charge is 0.357 e. The Morgan fingerprint density at radius 2 is 2.26 bits per heavy atom. The summed E-state index contributed by atoms with van der Waals surface area (Å²) in [5, 5.41) is 8.70. The molecule has 0 spiro atoms. The van der Waals surface area contributed by atoms with Crippen LogP contribution in [0.5, 0.6) is 0 Å². The van der Waals surface area contributed by atoms with E-state index >= 15 is 0 Å². The molecule has 1 rings (SSSR count). The fraction of sp³-hybridized carbons (Fsp3) is 0.727. The first-order valence-electron chi connectivity index (χ1n) is 6.28. The van der Waals surface area contributed by atoms with Crippen LogP contribution in [0.4, 0.5) is 4.79 Å². The molecule has 7 nitrogen and oxygen atoms in total. The van der Waals surface area contributed by atoms with Gasteiger partial charge >= 0.3 is 6.03 Å². The molecule has 1 fully saturated rings. The molecule has 0 aliphatic carbocycles. The van der Waals surface area contributed by atoms with Gasteiger partial charge in [-0.2, -0.15) is 11.8 Å². The third-order valence-corrected chi connectivity index (χ3v) is 3.07. The Morgan fingerprint density at radius 3 is 2.84 bits per heavy atom. The van der Waals surface area contributed by atoms with Gasteiger partial charge in [-0.15, -0.1) is 0 Å². The SMILES string of the molecule is CCNC(=NCCSC)NCCN1C(=O)CNC1=O. The van der Waals surface area contributed by atoms with Gasteiger partial charge in [0.2, 0.25) is 5.91 Å². The standard InChI is InChI=1S/C11H21N5O2S/c1-3-12-10(14-5-7-19-2)13-4-6-16-9(17)8-15-11(16)18/h3-8H2,1-2H3,(H,15,18)(H2,12,13,14). The average Bonchev–Trinajstić information content (AvgIpc) is 2.70. The number of nitrogens with one attached hydrogen (secondary N) is 3. The van der Waals surface area contributed by atoms with Gasteiger partial charge in [0, 0.05) is 25.4 Å². The molecule has 1 aliphatic heterocycles. The van der Waals surface area contributed by atoms with Crippen molar-refractivity contribution in [1.29, 1.82) is 0 Å². The molecule has 3 amide bonds. The van der Waals surface area contributed by atoms with Crippen LogP contribution < -0.4 is 16.0 Å². The van der Waals surface area contributed by atoms with E-state index < -0.39 is 0 Å². The Hall–Kier alpha value is -1.44. The number of hydrogen-bond donors (Lipinski definition) is 3. The molecule has 0 bridgehead atoms. The monoisotopic (exact) mass is 287 g/mol. The summed E-state index contributed by atoms with van der Waals surface area (Å²) in [6.45, 7) is 4.43. The molecule has 0 radical (unpaired) electrons. The average molecular weight is 287 g/mol. The molecule has 1 saturated heterocycles. The van der Waals surface area contributed by atoms with E-state index in [9.17, 15) is 9.59 Å². The number of guanidine groups is 1. The van der Waals surface area contributed by atoms with Crippen molar-refractivity contribution in [1.82, 2.24) is 20.9 Å². The summed E-state index contributed by atoms with van der Waals surface area (Å²) in [5.74, 6) is 1.49. The fourth-order valence-corrected chi connectivity index (χ4v) is 1.83. The number of carbonyl (C=O) groups excluding carboxylic acids is 2. The van der Waals surface area contributed by atoms with Gasteiger partial charge in [-0.25, -0.2) is 4.79 Å². The lowest BCUT2D eigenvalue weighted by Crippen LogP contribution is -2.43. The maximum atomic E-state index is 11.4. The maximum Gasteiger partial charge on any atom is 0.324 e. The van der Waals surface area contributed by atoms with Gasteiger partial charge in [0.25, 0.3) is 0 Å². The Bertz CT molecular complexity index is 332. The van der Waals surface area contributed by atoms with Crippen LogP contribution in [0.1, 0.15) is 6.92 Å². The molecule has 0 aromatic rings. The van der Waals surface area contributed by atoms with Gasteiger partial charge in [-0.05, 0) is 13.2 Å². The Balaban J connectivity index is 2.33. The van der Waals surface area contributed by atoms with Gasteiger partial charge in [0.1, 0.15) is 0 Å². The number of nitrogens with zero attached hydrogens (tertiary/aromatic N) is 2. The molecule has 0 atom stereocenters. The van der Waals surface area contributed by atoms with E-state index in [0.717, 1.165) is 18.8 Å². The lowest BCUT2D eigenvalue weighted by Gasteiger charge is -2.15. The molecule has 0 unspecified atom stereocenters. The zero-order chi connectivity index (χ0) is 14.1. The molecule has 1 aliphatic rings. The molecule has 1 heterocycles. The van der Waals surface area contributed by atoms with Crippen molar-refractivity contribution >= 4 is 29.7 Å².